The predicted octanol–water partition coefficient (Wildman–Crippen LogP) is 10.8. The zero-order valence-electron chi connectivity index (χ0n) is 22.3. The zero-order valence-corrected chi connectivity index (χ0v) is 22.3. The van der Waals surface area contributed by atoms with E-state index in [1.807, 2.05) is 72.8 Å². The molecule has 0 bridgehead atoms. The minimum atomic E-state index is 0.574. The highest BCUT2D eigenvalue weighted by molar-refractivity contribution is 6.13. The van der Waals surface area contributed by atoms with Crippen molar-refractivity contribution in [2.75, 3.05) is 4.90 Å². The van der Waals surface area contributed by atoms with Crippen molar-refractivity contribution in [3.05, 3.63) is 133 Å². The SMILES string of the molecule is c1ccc(N(c2ccc3c(c2)oc2ccccc23)c2ccc3oc4cccc(-c5nc6ccccc6o5)c4c3c2)cc1. The lowest BCUT2D eigenvalue weighted by atomic mass is 10.0. The van der Waals surface area contributed by atoms with Crippen molar-refractivity contribution < 1.29 is 13.3 Å². The first-order valence-corrected chi connectivity index (χ1v) is 13.9. The smallest absolute Gasteiger partial charge is 0.228 e. The van der Waals surface area contributed by atoms with E-state index in [0.29, 0.717) is 5.89 Å². The van der Waals surface area contributed by atoms with Crippen molar-refractivity contribution in [1.29, 1.82) is 0 Å². The number of para-hydroxylation sites is 4. The Balaban J connectivity index is 1.26. The second-order valence-electron chi connectivity index (χ2n) is 10.4. The number of hydrogen-bond acceptors (Lipinski definition) is 5. The molecule has 0 aliphatic carbocycles. The Morgan fingerprint density at radius 2 is 1.12 bits per heavy atom. The van der Waals surface area contributed by atoms with Crippen LogP contribution in [-0.4, -0.2) is 4.98 Å². The highest BCUT2D eigenvalue weighted by atomic mass is 16.4. The van der Waals surface area contributed by atoms with Crippen LogP contribution in [0.15, 0.2) is 147 Å². The lowest BCUT2D eigenvalue weighted by Crippen LogP contribution is -2.09. The second kappa shape index (κ2) is 8.85. The van der Waals surface area contributed by atoms with Gasteiger partial charge in [0, 0.05) is 50.2 Å². The molecule has 0 aliphatic heterocycles. The van der Waals surface area contributed by atoms with E-state index in [0.717, 1.165) is 77.6 Å². The number of aromatic nitrogens is 1. The van der Waals surface area contributed by atoms with Crippen LogP contribution >= 0.6 is 0 Å². The molecular weight excluding hydrogens is 520 g/mol. The van der Waals surface area contributed by atoms with E-state index in [-0.39, 0.29) is 0 Å². The van der Waals surface area contributed by atoms with Gasteiger partial charge in [0.2, 0.25) is 5.89 Å². The molecule has 0 fully saturated rings. The predicted molar refractivity (Wildman–Crippen MR) is 169 cm³/mol. The summed E-state index contributed by atoms with van der Waals surface area (Å²) in [5.74, 6) is 0.574. The van der Waals surface area contributed by atoms with E-state index in [1.165, 1.54) is 0 Å². The number of furan rings is 2. The molecule has 3 heterocycles. The third-order valence-corrected chi connectivity index (χ3v) is 7.90. The zero-order chi connectivity index (χ0) is 27.6. The largest absolute Gasteiger partial charge is 0.456 e. The average molecular weight is 543 g/mol. The van der Waals surface area contributed by atoms with Crippen LogP contribution in [0.1, 0.15) is 0 Å². The number of hydrogen-bond donors (Lipinski definition) is 0. The fourth-order valence-electron chi connectivity index (χ4n) is 6.00. The Kier molecular flexibility index (Phi) is 4.83. The summed E-state index contributed by atoms with van der Waals surface area (Å²) in [6.45, 7) is 0. The number of rotatable bonds is 4. The van der Waals surface area contributed by atoms with Crippen LogP contribution in [0, 0.1) is 0 Å². The summed E-state index contributed by atoms with van der Waals surface area (Å²) >= 11 is 0. The summed E-state index contributed by atoms with van der Waals surface area (Å²) in [5.41, 5.74) is 8.85. The number of anilines is 3. The molecule has 3 aromatic heterocycles. The maximum Gasteiger partial charge on any atom is 0.228 e. The van der Waals surface area contributed by atoms with Crippen LogP contribution in [0.25, 0.3) is 66.4 Å². The van der Waals surface area contributed by atoms with Crippen LogP contribution in [0.5, 0.6) is 0 Å². The summed E-state index contributed by atoms with van der Waals surface area (Å²) in [7, 11) is 0. The molecule has 0 spiro atoms. The summed E-state index contributed by atoms with van der Waals surface area (Å²) in [4.78, 5) is 7.03. The monoisotopic (exact) mass is 542 g/mol. The van der Waals surface area contributed by atoms with E-state index in [4.69, 9.17) is 18.2 Å². The van der Waals surface area contributed by atoms with E-state index >= 15 is 0 Å². The van der Waals surface area contributed by atoms with Gasteiger partial charge in [-0.15, -0.1) is 0 Å². The molecule has 0 atom stereocenters. The Labute approximate surface area is 239 Å². The molecule has 0 unspecified atom stereocenters. The first kappa shape index (κ1) is 22.9. The van der Waals surface area contributed by atoms with Crippen LogP contribution in [0.3, 0.4) is 0 Å². The summed E-state index contributed by atoms with van der Waals surface area (Å²) in [5, 5.41) is 4.18. The van der Waals surface area contributed by atoms with Gasteiger partial charge in [0.05, 0.1) is 0 Å². The third kappa shape index (κ3) is 3.47. The van der Waals surface area contributed by atoms with Crippen molar-refractivity contribution in [3.8, 4) is 11.5 Å². The molecule has 9 rings (SSSR count). The van der Waals surface area contributed by atoms with Gasteiger partial charge in [-0.25, -0.2) is 4.98 Å². The molecule has 5 heteroatoms. The molecule has 0 aliphatic rings. The van der Waals surface area contributed by atoms with Gasteiger partial charge in [0.25, 0.3) is 0 Å². The fourth-order valence-corrected chi connectivity index (χ4v) is 6.00. The number of benzene rings is 6. The standard InChI is InChI=1S/C37H22N2O3/c1-2-9-23(10-3-1)39(25-17-19-27-26-11-4-6-14-31(26)41-35(27)22-25)24-18-20-32-29(21-24)36-28(12-8-16-34(36)40-32)37-38-30-13-5-7-15-33(30)42-37/h1-22H. The van der Waals surface area contributed by atoms with Crippen molar-refractivity contribution in [3.63, 3.8) is 0 Å². The Bertz CT molecular complexity index is 2400. The molecular formula is C37H22N2O3. The molecule has 0 radical (unpaired) electrons. The molecule has 5 nitrogen and oxygen atoms in total. The minimum Gasteiger partial charge on any atom is -0.456 e. The van der Waals surface area contributed by atoms with E-state index in [1.54, 1.807) is 0 Å². The maximum absolute atomic E-state index is 6.32. The van der Waals surface area contributed by atoms with Crippen LogP contribution in [-0.2, 0) is 0 Å². The van der Waals surface area contributed by atoms with Gasteiger partial charge in [0.1, 0.15) is 27.8 Å². The number of nitrogens with zero attached hydrogens (tertiary/aromatic N) is 2. The van der Waals surface area contributed by atoms with Gasteiger partial charge in [-0.05, 0) is 72.8 Å². The van der Waals surface area contributed by atoms with Gasteiger partial charge in [-0.3, -0.25) is 0 Å². The number of fused-ring (bicyclic) bond motifs is 7. The third-order valence-electron chi connectivity index (χ3n) is 7.90. The fraction of sp³-hybridized carbons (Fsp3) is 0. The highest BCUT2D eigenvalue weighted by Gasteiger charge is 2.20. The van der Waals surface area contributed by atoms with Gasteiger partial charge < -0.3 is 18.2 Å². The van der Waals surface area contributed by atoms with Gasteiger partial charge in [-0.1, -0.05) is 54.6 Å². The summed E-state index contributed by atoms with van der Waals surface area (Å²) < 4.78 is 18.8. The summed E-state index contributed by atoms with van der Waals surface area (Å²) in [6.07, 6.45) is 0. The molecule has 198 valence electrons. The molecule has 0 saturated carbocycles. The molecule has 0 amide bonds. The van der Waals surface area contributed by atoms with Crippen LogP contribution in [0.2, 0.25) is 0 Å². The molecule has 0 saturated heterocycles. The van der Waals surface area contributed by atoms with Crippen molar-refractivity contribution in [2.24, 2.45) is 0 Å². The van der Waals surface area contributed by atoms with Gasteiger partial charge in [-0.2, -0.15) is 0 Å². The van der Waals surface area contributed by atoms with Crippen molar-refractivity contribution >= 4 is 72.0 Å². The van der Waals surface area contributed by atoms with E-state index in [9.17, 15) is 0 Å². The normalized spacial score (nSPS) is 11.8. The van der Waals surface area contributed by atoms with Crippen molar-refractivity contribution in [2.45, 2.75) is 0 Å². The Morgan fingerprint density at radius 1 is 0.429 bits per heavy atom. The Morgan fingerprint density at radius 3 is 2.02 bits per heavy atom. The maximum atomic E-state index is 6.32. The molecule has 6 aromatic carbocycles. The van der Waals surface area contributed by atoms with Crippen molar-refractivity contribution in [1.82, 2.24) is 4.98 Å². The molecule has 9 aromatic rings. The summed E-state index contributed by atoms with van der Waals surface area (Å²) in [6, 6.07) is 45.1. The quantitative estimate of drug-likeness (QED) is 0.221. The number of oxazole rings is 1. The second-order valence-corrected chi connectivity index (χ2v) is 10.4. The first-order valence-electron chi connectivity index (χ1n) is 13.9. The lowest BCUT2D eigenvalue weighted by Gasteiger charge is -2.25. The van der Waals surface area contributed by atoms with Gasteiger partial charge >= 0.3 is 0 Å². The lowest BCUT2D eigenvalue weighted by molar-refractivity contribution is 0.620. The van der Waals surface area contributed by atoms with Gasteiger partial charge in [0.15, 0.2) is 5.58 Å². The van der Waals surface area contributed by atoms with Crippen LogP contribution < -0.4 is 4.90 Å². The first-order chi connectivity index (χ1) is 20.8. The molecule has 42 heavy (non-hydrogen) atoms. The van der Waals surface area contributed by atoms with Crippen LogP contribution in [0.4, 0.5) is 17.1 Å². The minimum absolute atomic E-state index is 0.574. The van der Waals surface area contributed by atoms with E-state index in [2.05, 4.69) is 65.6 Å². The van der Waals surface area contributed by atoms with E-state index < -0.39 is 0 Å². The topological polar surface area (TPSA) is 55.6 Å². The average Bonchev–Trinajstić information content (AvgIpc) is 3.74. The highest BCUT2D eigenvalue weighted by Crippen LogP contribution is 2.42. The molecule has 0 N–H and O–H groups in total. The Hall–Kier alpha value is -5.81.